The van der Waals surface area contributed by atoms with E-state index in [0.717, 1.165) is 10.2 Å². The molecule has 0 saturated heterocycles. The molecule has 1 aromatic heterocycles. The van der Waals surface area contributed by atoms with Crippen molar-refractivity contribution < 1.29 is 4.74 Å². The van der Waals surface area contributed by atoms with Crippen molar-refractivity contribution in [2.24, 2.45) is 0 Å². The molecule has 1 N–H and O–H groups in total. The van der Waals surface area contributed by atoms with Gasteiger partial charge in [-0.05, 0) is 44.3 Å². The summed E-state index contributed by atoms with van der Waals surface area (Å²) in [5, 5.41) is 3.26. The second-order valence-corrected chi connectivity index (χ2v) is 6.03. The molecular formula is C14H16BrNOS. The Hall–Kier alpha value is -0.840. The lowest BCUT2D eigenvalue weighted by Gasteiger charge is -2.07. The molecule has 1 unspecified atom stereocenters. The SMILES string of the molecule is CNC(C)c1ccc(-c2cc(OC)ccc2Br)s1. The number of nitrogens with one attached hydrogen (secondary N) is 1. The van der Waals surface area contributed by atoms with E-state index in [2.05, 4.69) is 46.4 Å². The van der Waals surface area contributed by atoms with Crippen LogP contribution in [0.25, 0.3) is 10.4 Å². The molecule has 1 aromatic carbocycles. The van der Waals surface area contributed by atoms with Crippen LogP contribution >= 0.6 is 27.3 Å². The van der Waals surface area contributed by atoms with Crippen LogP contribution in [-0.4, -0.2) is 14.2 Å². The molecule has 96 valence electrons. The first-order chi connectivity index (χ1) is 8.65. The average molecular weight is 326 g/mol. The van der Waals surface area contributed by atoms with Gasteiger partial charge in [0.05, 0.1) is 7.11 Å². The van der Waals surface area contributed by atoms with E-state index in [4.69, 9.17) is 4.74 Å². The smallest absolute Gasteiger partial charge is 0.119 e. The fourth-order valence-corrected chi connectivity index (χ4v) is 3.38. The molecule has 0 amide bonds. The third-order valence-electron chi connectivity index (χ3n) is 2.93. The first-order valence-corrected chi connectivity index (χ1v) is 7.37. The minimum atomic E-state index is 0.383. The van der Waals surface area contributed by atoms with Crippen molar-refractivity contribution in [1.29, 1.82) is 0 Å². The molecule has 1 heterocycles. The normalized spacial score (nSPS) is 12.4. The van der Waals surface area contributed by atoms with Crippen molar-refractivity contribution in [1.82, 2.24) is 5.32 Å². The second-order valence-electron chi connectivity index (χ2n) is 4.06. The highest BCUT2D eigenvalue weighted by Gasteiger charge is 2.10. The van der Waals surface area contributed by atoms with E-state index in [-0.39, 0.29) is 0 Å². The van der Waals surface area contributed by atoms with Gasteiger partial charge in [-0.1, -0.05) is 15.9 Å². The summed E-state index contributed by atoms with van der Waals surface area (Å²) in [6.45, 7) is 2.16. The van der Waals surface area contributed by atoms with E-state index in [1.54, 1.807) is 18.4 Å². The number of thiophene rings is 1. The number of ether oxygens (including phenoxy) is 1. The number of hydrogen-bond donors (Lipinski definition) is 1. The van der Waals surface area contributed by atoms with Crippen LogP contribution in [0.2, 0.25) is 0 Å². The summed E-state index contributed by atoms with van der Waals surface area (Å²) in [4.78, 5) is 2.58. The number of benzene rings is 1. The minimum absolute atomic E-state index is 0.383. The van der Waals surface area contributed by atoms with Crippen molar-refractivity contribution >= 4 is 27.3 Å². The quantitative estimate of drug-likeness (QED) is 0.895. The van der Waals surface area contributed by atoms with E-state index in [1.807, 2.05) is 19.2 Å². The van der Waals surface area contributed by atoms with Crippen LogP contribution in [0.3, 0.4) is 0 Å². The molecule has 4 heteroatoms. The molecule has 0 radical (unpaired) electrons. The fourth-order valence-electron chi connectivity index (χ4n) is 1.69. The molecule has 0 aliphatic heterocycles. The standard InChI is InChI=1S/C14H16BrNOS/c1-9(16-2)13-6-7-14(18-13)11-8-10(17-3)4-5-12(11)15/h4-9,16H,1-3H3. The third-order valence-corrected chi connectivity index (χ3v) is 4.92. The third kappa shape index (κ3) is 2.76. The van der Waals surface area contributed by atoms with Gasteiger partial charge in [0.1, 0.15) is 5.75 Å². The highest BCUT2D eigenvalue weighted by molar-refractivity contribution is 9.10. The van der Waals surface area contributed by atoms with Crippen molar-refractivity contribution in [2.45, 2.75) is 13.0 Å². The summed E-state index contributed by atoms with van der Waals surface area (Å²) in [6, 6.07) is 10.8. The van der Waals surface area contributed by atoms with Crippen molar-refractivity contribution in [2.75, 3.05) is 14.2 Å². The Morgan fingerprint density at radius 3 is 2.72 bits per heavy atom. The van der Waals surface area contributed by atoms with E-state index >= 15 is 0 Å². The van der Waals surface area contributed by atoms with Gasteiger partial charge in [0.15, 0.2) is 0 Å². The Balaban J connectivity index is 2.39. The summed E-state index contributed by atoms with van der Waals surface area (Å²) >= 11 is 5.40. The van der Waals surface area contributed by atoms with Gasteiger partial charge in [-0.15, -0.1) is 11.3 Å². The Bertz CT molecular complexity index is 538. The van der Waals surface area contributed by atoms with Gasteiger partial charge < -0.3 is 10.1 Å². The maximum atomic E-state index is 5.28. The molecular weight excluding hydrogens is 310 g/mol. The van der Waals surface area contributed by atoms with E-state index in [0.29, 0.717) is 6.04 Å². The molecule has 2 rings (SSSR count). The van der Waals surface area contributed by atoms with E-state index in [1.165, 1.54) is 15.3 Å². The van der Waals surface area contributed by atoms with Crippen LogP contribution in [-0.2, 0) is 0 Å². The Kier molecular flexibility index (Phi) is 4.43. The van der Waals surface area contributed by atoms with Crippen molar-refractivity contribution in [3.05, 3.63) is 39.7 Å². The molecule has 0 saturated carbocycles. The molecule has 0 fully saturated rings. The lowest BCUT2D eigenvalue weighted by molar-refractivity contribution is 0.415. The largest absolute Gasteiger partial charge is 0.497 e. The zero-order chi connectivity index (χ0) is 13.1. The molecule has 0 aliphatic rings. The number of halogens is 1. The van der Waals surface area contributed by atoms with Gasteiger partial charge in [0.2, 0.25) is 0 Å². The Morgan fingerprint density at radius 2 is 2.06 bits per heavy atom. The summed E-state index contributed by atoms with van der Waals surface area (Å²) < 4.78 is 6.37. The average Bonchev–Trinajstić information content (AvgIpc) is 2.88. The topological polar surface area (TPSA) is 21.3 Å². The molecule has 0 bridgehead atoms. The van der Waals surface area contributed by atoms with E-state index in [9.17, 15) is 0 Å². The lowest BCUT2D eigenvalue weighted by Crippen LogP contribution is -2.10. The molecule has 18 heavy (non-hydrogen) atoms. The molecule has 1 atom stereocenters. The predicted molar refractivity (Wildman–Crippen MR) is 81.5 cm³/mol. The van der Waals surface area contributed by atoms with Gasteiger partial charge in [-0.2, -0.15) is 0 Å². The highest BCUT2D eigenvalue weighted by atomic mass is 79.9. The van der Waals surface area contributed by atoms with Crippen LogP contribution in [0, 0.1) is 0 Å². The summed E-state index contributed by atoms with van der Waals surface area (Å²) in [6.07, 6.45) is 0. The summed E-state index contributed by atoms with van der Waals surface area (Å²) in [5.74, 6) is 0.879. The summed E-state index contributed by atoms with van der Waals surface area (Å²) in [7, 11) is 3.67. The Morgan fingerprint density at radius 1 is 1.28 bits per heavy atom. The van der Waals surface area contributed by atoms with Crippen LogP contribution in [0.1, 0.15) is 17.8 Å². The van der Waals surface area contributed by atoms with Crippen LogP contribution in [0.4, 0.5) is 0 Å². The monoisotopic (exact) mass is 325 g/mol. The van der Waals surface area contributed by atoms with Crippen LogP contribution < -0.4 is 10.1 Å². The maximum absolute atomic E-state index is 5.28. The van der Waals surface area contributed by atoms with Crippen molar-refractivity contribution in [3.8, 4) is 16.2 Å². The maximum Gasteiger partial charge on any atom is 0.119 e. The zero-order valence-electron chi connectivity index (χ0n) is 10.7. The van der Waals surface area contributed by atoms with Gasteiger partial charge in [0, 0.05) is 25.8 Å². The molecule has 2 nitrogen and oxygen atoms in total. The minimum Gasteiger partial charge on any atom is -0.497 e. The first kappa shape index (κ1) is 13.6. The number of rotatable bonds is 4. The first-order valence-electron chi connectivity index (χ1n) is 5.76. The molecule has 0 spiro atoms. The van der Waals surface area contributed by atoms with E-state index < -0.39 is 0 Å². The van der Waals surface area contributed by atoms with Crippen molar-refractivity contribution in [3.63, 3.8) is 0 Å². The second kappa shape index (κ2) is 5.87. The highest BCUT2D eigenvalue weighted by Crippen LogP contribution is 2.37. The van der Waals surface area contributed by atoms with Gasteiger partial charge in [-0.25, -0.2) is 0 Å². The van der Waals surface area contributed by atoms with Gasteiger partial charge in [0.25, 0.3) is 0 Å². The summed E-state index contributed by atoms with van der Waals surface area (Å²) in [5.41, 5.74) is 1.17. The number of methoxy groups -OCH3 is 1. The van der Waals surface area contributed by atoms with Gasteiger partial charge in [-0.3, -0.25) is 0 Å². The zero-order valence-corrected chi connectivity index (χ0v) is 13.1. The molecule has 2 aromatic rings. The predicted octanol–water partition coefficient (Wildman–Crippen LogP) is 4.47. The van der Waals surface area contributed by atoms with Crippen LogP contribution in [0.15, 0.2) is 34.8 Å². The Labute approximate surface area is 120 Å². The van der Waals surface area contributed by atoms with Gasteiger partial charge >= 0.3 is 0 Å². The lowest BCUT2D eigenvalue weighted by atomic mass is 10.2. The fraction of sp³-hybridized carbons (Fsp3) is 0.286. The number of hydrogen-bond acceptors (Lipinski definition) is 3. The van der Waals surface area contributed by atoms with Crippen LogP contribution in [0.5, 0.6) is 5.75 Å². The molecule has 0 aliphatic carbocycles.